The highest BCUT2D eigenvalue weighted by Crippen LogP contribution is 2.22. The molecule has 1 aromatic carbocycles. The second kappa shape index (κ2) is 7.61. The van der Waals surface area contributed by atoms with Gasteiger partial charge in [-0.15, -0.1) is 0 Å². The van der Waals surface area contributed by atoms with E-state index >= 15 is 0 Å². The SMILES string of the molecule is CS[C@H](C)CCN(C)Cc1cn[nH]c1-c1ccc(F)cc1. The van der Waals surface area contributed by atoms with Gasteiger partial charge in [-0.1, -0.05) is 6.92 Å². The van der Waals surface area contributed by atoms with Crippen molar-refractivity contribution in [1.29, 1.82) is 0 Å². The van der Waals surface area contributed by atoms with Crippen molar-refractivity contribution in [3.8, 4) is 11.3 Å². The van der Waals surface area contributed by atoms with Crippen molar-refractivity contribution >= 4 is 11.8 Å². The van der Waals surface area contributed by atoms with Crippen LogP contribution in [0.3, 0.4) is 0 Å². The lowest BCUT2D eigenvalue weighted by Gasteiger charge is -2.18. The van der Waals surface area contributed by atoms with E-state index in [2.05, 4.69) is 35.3 Å². The number of hydrogen-bond acceptors (Lipinski definition) is 3. The topological polar surface area (TPSA) is 31.9 Å². The fraction of sp³-hybridized carbons (Fsp3) is 0.438. The van der Waals surface area contributed by atoms with Gasteiger partial charge in [0.2, 0.25) is 0 Å². The van der Waals surface area contributed by atoms with Gasteiger partial charge < -0.3 is 4.90 Å². The number of halogens is 1. The van der Waals surface area contributed by atoms with Crippen LogP contribution in [-0.4, -0.2) is 40.2 Å². The number of nitrogens with one attached hydrogen (secondary N) is 1. The van der Waals surface area contributed by atoms with Gasteiger partial charge in [0.05, 0.1) is 11.9 Å². The van der Waals surface area contributed by atoms with Crippen LogP contribution in [0.1, 0.15) is 18.9 Å². The highest BCUT2D eigenvalue weighted by Gasteiger charge is 2.11. The zero-order valence-electron chi connectivity index (χ0n) is 12.8. The molecule has 0 aliphatic rings. The third kappa shape index (κ3) is 4.58. The van der Waals surface area contributed by atoms with Gasteiger partial charge in [-0.2, -0.15) is 16.9 Å². The Kier molecular flexibility index (Phi) is 5.82. The Labute approximate surface area is 129 Å². The van der Waals surface area contributed by atoms with Crippen molar-refractivity contribution < 1.29 is 4.39 Å². The molecule has 2 rings (SSSR count). The molecule has 1 N–H and O–H groups in total. The largest absolute Gasteiger partial charge is 0.302 e. The van der Waals surface area contributed by atoms with Crippen molar-refractivity contribution in [2.75, 3.05) is 19.8 Å². The second-order valence-corrected chi connectivity index (χ2v) is 6.63. The molecule has 0 bridgehead atoms. The van der Waals surface area contributed by atoms with Gasteiger partial charge in [-0.05, 0) is 50.5 Å². The van der Waals surface area contributed by atoms with Crippen molar-refractivity contribution in [2.45, 2.75) is 25.1 Å². The number of H-pyrrole nitrogens is 1. The Balaban J connectivity index is 2.01. The molecule has 5 heteroatoms. The fourth-order valence-electron chi connectivity index (χ4n) is 2.19. The summed E-state index contributed by atoms with van der Waals surface area (Å²) in [6.07, 6.45) is 5.17. The van der Waals surface area contributed by atoms with E-state index in [1.165, 1.54) is 18.6 Å². The number of aromatic nitrogens is 2. The average molecular weight is 307 g/mol. The van der Waals surface area contributed by atoms with Crippen LogP contribution < -0.4 is 0 Å². The molecule has 0 fully saturated rings. The van der Waals surface area contributed by atoms with Crippen LogP contribution in [0, 0.1) is 5.82 Å². The van der Waals surface area contributed by atoms with E-state index in [-0.39, 0.29) is 5.82 Å². The van der Waals surface area contributed by atoms with E-state index in [4.69, 9.17) is 0 Å². The molecule has 114 valence electrons. The van der Waals surface area contributed by atoms with Crippen LogP contribution in [-0.2, 0) is 6.54 Å². The first-order valence-electron chi connectivity index (χ1n) is 7.09. The van der Waals surface area contributed by atoms with Gasteiger partial charge in [0.1, 0.15) is 5.82 Å². The lowest BCUT2D eigenvalue weighted by atomic mass is 10.1. The summed E-state index contributed by atoms with van der Waals surface area (Å²) in [5.74, 6) is -0.219. The van der Waals surface area contributed by atoms with Crippen molar-refractivity contribution in [1.82, 2.24) is 15.1 Å². The first kappa shape index (κ1) is 16.0. The Morgan fingerprint density at radius 3 is 2.71 bits per heavy atom. The van der Waals surface area contributed by atoms with Gasteiger partial charge in [-0.25, -0.2) is 4.39 Å². The summed E-state index contributed by atoms with van der Waals surface area (Å²) in [4.78, 5) is 2.30. The van der Waals surface area contributed by atoms with Gasteiger partial charge in [0.25, 0.3) is 0 Å². The number of aromatic amines is 1. The van der Waals surface area contributed by atoms with Crippen LogP contribution in [0.5, 0.6) is 0 Å². The van der Waals surface area contributed by atoms with Gasteiger partial charge in [-0.3, -0.25) is 5.10 Å². The number of hydrogen-bond donors (Lipinski definition) is 1. The van der Waals surface area contributed by atoms with E-state index in [1.807, 2.05) is 18.0 Å². The summed E-state index contributed by atoms with van der Waals surface area (Å²) in [5.41, 5.74) is 3.08. The van der Waals surface area contributed by atoms with E-state index in [0.717, 1.165) is 29.9 Å². The van der Waals surface area contributed by atoms with Crippen molar-refractivity contribution in [3.05, 3.63) is 41.8 Å². The third-order valence-electron chi connectivity index (χ3n) is 3.61. The quantitative estimate of drug-likeness (QED) is 0.844. The summed E-state index contributed by atoms with van der Waals surface area (Å²) >= 11 is 1.90. The van der Waals surface area contributed by atoms with Crippen LogP contribution in [0.4, 0.5) is 4.39 Å². The lowest BCUT2D eigenvalue weighted by Crippen LogP contribution is -2.21. The van der Waals surface area contributed by atoms with Gasteiger partial charge >= 0.3 is 0 Å². The molecule has 0 aliphatic heterocycles. The molecule has 3 nitrogen and oxygen atoms in total. The second-order valence-electron chi connectivity index (χ2n) is 5.35. The van der Waals surface area contributed by atoms with E-state index in [0.29, 0.717) is 5.25 Å². The Bertz CT molecular complexity index is 553. The molecular formula is C16H22FN3S. The van der Waals surface area contributed by atoms with E-state index in [9.17, 15) is 4.39 Å². The first-order valence-corrected chi connectivity index (χ1v) is 8.38. The van der Waals surface area contributed by atoms with Crippen molar-refractivity contribution in [2.24, 2.45) is 0 Å². The Morgan fingerprint density at radius 2 is 2.05 bits per heavy atom. The molecular weight excluding hydrogens is 285 g/mol. The maximum absolute atomic E-state index is 13.0. The molecule has 0 saturated heterocycles. The predicted octanol–water partition coefficient (Wildman–Crippen LogP) is 3.79. The van der Waals surface area contributed by atoms with Crippen LogP contribution in [0.15, 0.2) is 30.5 Å². The van der Waals surface area contributed by atoms with E-state index < -0.39 is 0 Å². The minimum atomic E-state index is -0.219. The zero-order valence-corrected chi connectivity index (χ0v) is 13.6. The Hall–Kier alpha value is -1.33. The molecule has 21 heavy (non-hydrogen) atoms. The van der Waals surface area contributed by atoms with Crippen LogP contribution in [0.2, 0.25) is 0 Å². The fourth-order valence-corrected chi connectivity index (χ4v) is 2.53. The highest BCUT2D eigenvalue weighted by molar-refractivity contribution is 7.99. The predicted molar refractivity (Wildman–Crippen MR) is 87.9 cm³/mol. The number of nitrogens with zero attached hydrogens (tertiary/aromatic N) is 2. The number of benzene rings is 1. The highest BCUT2D eigenvalue weighted by atomic mass is 32.2. The summed E-state index contributed by atoms with van der Waals surface area (Å²) in [5, 5.41) is 7.83. The Morgan fingerprint density at radius 1 is 1.33 bits per heavy atom. The lowest BCUT2D eigenvalue weighted by molar-refractivity contribution is 0.323. The molecule has 0 saturated carbocycles. The first-order chi connectivity index (χ1) is 10.1. The average Bonchev–Trinajstić information content (AvgIpc) is 2.93. The minimum Gasteiger partial charge on any atom is -0.302 e. The maximum Gasteiger partial charge on any atom is 0.123 e. The molecule has 0 amide bonds. The zero-order chi connectivity index (χ0) is 15.2. The summed E-state index contributed by atoms with van der Waals surface area (Å²) in [6, 6.07) is 6.51. The van der Waals surface area contributed by atoms with Crippen molar-refractivity contribution in [3.63, 3.8) is 0 Å². The normalized spacial score (nSPS) is 12.8. The molecule has 0 spiro atoms. The van der Waals surface area contributed by atoms with E-state index in [1.54, 1.807) is 12.1 Å². The molecule has 1 atom stereocenters. The summed E-state index contributed by atoms with van der Waals surface area (Å²) in [7, 11) is 2.12. The summed E-state index contributed by atoms with van der Waals surface area (Å²) < 4.78 is 13.0. The molecule has 0 radical (unpaired) electrons. The minimum absolute atomic E-state index is 0.219. The monoisotopic (exact) mass is 307 g/mol. The molecule has 0 aliphatic carbocycles. The van der Waals surface area contributed by atoms with Gasteiger partial charge in [0.15, 0.2) is 0 Å². The molecule has 1 aromatic heterocycles. The smallest absolute Gasteiger partial charge is 0.123 e. The molecule has 1 heterocycles. The van der Waals surface area contributed by atoms with Gasteiger partial charge in [0, 0.05) is 22.9 Å². The molecule has 0 unspecified atom stereocenters. The summed E-state index contributed by atoms with van der Waals surface area (Å²) in [6.45, 7) is 4.14. The van der Waals surface area contributed by atoms with Crippen LogP contribution >= 0.6 is 11.8 Å². The maximum atomic E-state index is 13.0. The molecule has 2 aromatic rings. The number of rotatable bonds is 7. The van der Waals surface area contributed by atoms with Crippen LogP contribution in [0.25, 0.3) is 11.3 Å². The number of thioether (sulfide) groups is 1. The third-order valence-corrected chi connectivity index (χ3v) is 4.65. The standard InChI is InChI=1S/C16H22FN3S/c1-12(21-3)8-9-20(2)11-14-10-18-19-16(14)13-4-6-15(17)7-5-13/h4-7,10,12H,8-9,11H2,1-3H3,(H,18,19)/t12-/m1/s1.